The van der Waals surface area contributed by atoms with Crippen LogP contribution < -0.4 is 15.4 Å². The van der Waals surface area contributed by atoms with E-state index in [1.165, 1.54) is 6.42 Å². The second kappa shape index (κ2) is 9.37. The number of methoxy groups -OCH3 is 1. The molecule has 1 saturated heterocycles. The zero-order chi connectivity index (χ0) is 19.9. The van der Waals surface area contributed by atoms with E-state index in [-0.39, 0.29) is 11.8 Å². The van der Waals surface area contributed by atoms with Crippen LogP contribution in [0.15, 0.2) is 48.5 Å². The van der Waals surface area contributed by atoms with Crippen molar-refractivity contribution in [3.8, 4) is 5.75 Å². The molecule has 0 aliphatic carbocycles. The van der Waals surface area contributed by atoms with E-state index in [9.17, 15) is 9.59 Å². The van der Waals surface area contributed by atoms with Crippen LogP contribution in [-0.4, -0.2) is 43.5 Å². The molecule has 0 bridgehead atoms. The molecule has 1 fully saturated rings. The molecule has 1 aliphatic heterocycles. The Morgan fingerprint density at radius 1 is 1.04 bits per heavy atom. The minimum Gasteiger partial charge on any atom is -0.497 e. The average Bonchev–Trinajstić information content (AvgIpc) is 2.69. The predicted molar refractivity (Wildman–Crippen MR) is 111 cm³/mol. The molecule has 0 spiro atoms. The highest BCUT2D eigenvalue weighted by Gasteiger charge is 2.18. The summed E-state index contributed by atoms with van der Waals surface area (Å²) in [5.74, 6) is 1.15. The number of nitrogens with one attached hydrogen (secondary N) is 2. The number of rotatable bonds is 6. The van der Waals surface area contributed by atoms with E-state index < -0.39 is 0 Å². The van der Waals surface area contributed by atoms with E-state index in [1.54, 1.807) is 55.6 Å². The molecule has 0 saturated carbocycles. The van der Waals surface area contributed by atoms with Gasteiger partial charge in [-0.3, -0.25) is 14.5 Å². The molecule has 0 aromatic heterocycles. The van der Waals surface area contributed by atoms with E-state index in [1.807, 2.05) is 0 Å². The summed E-state index contributed by atoms with van der Waals surface area (Å²) in [6.45, 7) is 4.57. The summed E-state index contributed by atoms with van der Waals surface area (Å²) in [7, 11) is 1.60. The zero-order valence-corrected chi connectivity index (χ0v) is 16.4. The summed E-state index contributed by atoms with van der Waals surface area (Å²) in [4.78, 5) is 26.8. The normalized spacial score (nSPS) is 17.0. The van der Waals surface area contributed by atoms with Crippen molar-refractivity contribution in [3.05, 3.63) is 54.1 Å². The molecule has 2 N–H and O–H groups in total. The predicted octanol–water partition coefficient (Wildman–Crippen LogP) is 3.62. The molecule has 2 aromatic rings. The fourth-order valence-electron chi connectivity index (χ4n) is 3.42. The molecule has 28 heavy (non-hydrogen) atoms. The fourth-order valence-corrected chi connectivity index (χ4v) is 3.42. The number of amides is 2. The maximum absolute atomic E-state index is 12.4. The van der Waals surface area contributed by atoms with Crippen molar-refractivity contribution < 1.29 is 14.3 Å². The molecule has 2 amide bonds. The van der Waals surface area contributed by atoms with E-state index in [0.717, 1.165) is 25.3 Å². The van der Waals surface area contributed by atoms with Gasteiger partial charge >= 0.3 is 0 Å². The number of likely N-dealkylation sites (tertiary alicyclic amines) is 1. The lowest BCUT2D eigenvalue weighted by Gasteiger charge is -2.30. The highest BCUT2D eigenvalue weighted by molar-refractivity contribution is 6.04. The molecule has 1 aliphatic rings. The van der Waals surface area contributed by atoms with Crippen LogP contribution in [-0.2, 0) is 4.79 Å². The standard InChI is InChI=1S/C22H27N3O3/c1-16-4-3-13-25(14-16)15-21(26)23-18-7-5-17(6-8-18)22(27)24-19-9-11-20(28-2)12-10-19/h5-12,16H,3-4,13-15H2,1-2H3,(H,23,26)(H,24,27)/t16-/m1/s1. The molecule has 1 atom stereocenters. The molecule has 148 valence electrons. The fraction of sp³-hybridized carbons (Fsp3) is 0.364. The lowest BCUT2D eigenvalue weighted by atomic mass is 10.0. The summed E-state index contributed by atoms with van der Waals surface area (Å²) in [5.41, 5.74) is 1.91. The first-order valence-electron chi connectivity index (χ1n) is 9.61. The van der Waals surface area contributed by atoms with Gasteiger partial charge in [0.05, 0.1) is 13.7 Å². The molecule has 0 unspecified atom stereocenters. The smallest absolute Gasteiger partial charge is 0.255 e. The summed E-state index contributed by atoms with van der Waals surface area (Å²) >= 11 is 0. The molecule has 1 heterocycles. The molecular formula is C22H27N3O3. The monoisotopic (exact) mass is 381 g/mol. The lowest BCUT2D eigenvalue weighted by Crippen LogP contribution is -2.39. The lowest BCUT2D eigenvalue weighted by molar-refractivity contribution is -0.117. The molecule has 6 nitrogen and oxygen atoms in total. The Bertz CT molecular complexity index is 803. The number of piperidine rings is 1. The number of hydrogen-bond donors (Lipinski definition) is 2. The molecule has 0 radical (unpaired) electrons. The Morgan fingerprint density at radius 2 is 1.68 bits per heavy atom. The third kappa shape index (κ3) is 5.57. The first-order chi connectivity index (χ1) is 13.5. The summed E-state index contributed by atoms with van der Waals surface area (Å²) in [5, 5.41) is 5.75. The molecular weight excluding hydrogens is 354 g/mol. The Kier molecular flexibility index (Phi) is 6.66. The third-order valence-corrected chi connectivity index (χ3v) is 4.89. The summed E-state index contributed by atoms with van der Waals surface area (Å²) < 4.78 is 5.11. The first-order valence-corrected chi connectivity index (χ1v) is 9.61. The van der Waals surface area contributed by atoms with Crippen molar-refractivity contribution in [1.29, 1.82) is 0 Å². The second-order valence-electron chi connectivity index (χ2n) is 7.29. The van der Waals surface area contributed by atoms with Gasteiger partial charge in [-0.05, 0) is 73.8 Å². The highest BCUT2D eigenvalue weighted by Crippen LogP contribution is 2.18. The number of nitrogens with zero attached hydrogens (tertiary/aromatic N) is 1. The van der Waals surface area contributed by atoms with Crippen LogP contribution in [0, 0.1) is 5.92 Å². The molecule has 6 heteroatoms. The van der Waals surface area contributed by atoms with Crippen molar-refractivity contribution in [2.45, 2.75) is 19.8 Å². The zero-order valence-electron chi connectivity index (χ0n) is 16.4. The van der Waals surface area contributed by atoms with Crippen LogP contribution in [0.2, 0.25) is 0 Å². The average molecular weight is 381 g/mol. The van der Waals surface area contributed by atoms with Gasteiger partial charge in [0, 0.05) is 23.5 Å². The first kappa shape index (κ1) is 19.9. The van der Waals surface area contributed by atoms with Crippen LogP contribution in [0.25, 0.3) is 0 Å². The van der Waals surface area contributed by atoms with Gasteiger partial charge in [0.15, 0.2) is 0 Å². The van der Waals surface area contributed by atoms with Gasteiger partial charge in [0.1, 0.15) is 5.75 Å². The Morgan fingerprint density at radius 3 is 2.32 bits per heavy atom. The largest absolute Gasteiger partial charge is 0.497 e. The summed E-state index contributed by atoms with van der Waals surface area (Å²) in [6, 6.07) is 14.1. The quantitative estimate of drug-likeness (QED) is 0.802. The van der Waals surface area contributed by atoms with Crippen molar-refractivity contribution in [2.75, 3.05) is 37.4 Å². The minimum atomic E-state index is -0.203. The highest BCUT2D eigenvalue weighted by atomic mass is 16.5. The van der Waals surface area contributed by atoms with Crippen molar-refractivity contribution in [1.82, 2.24) is 4.90 Å². The van der Waals surface area contributed by atoms with E-state index in [0.29, 0.717) is 29.4 Å². The van der Waals surface area contributed by atoms with E-state index >= 15 is 0 Å². The van der Waals surface area contributed by atoms with Gasteiger partial charge in [0.2, 0.25) is 5.91 Å². The van der Waals surface area contributed by atoms with Crippen molar-refractivity contribution >= 4 is 23.2 Å². The SMILES string of the molecule is COc1ccc(NC(=O)c2ccc(NC(=O)CN3CCC[C@@H](C)C3)cc2)cc1. The van der Waals surface area contributed by atoms with Crippen LogP contribution >= 0.6 is 0 Å². The van der Waals surface area contributed by atoms with Gasteiger partial charge in [-0.1, -0.05) is 6.92 Å². The topological polar surface area (TPSA) is 70.7 Å². The van der Waals surface area contributed by atoms with Gasteiger partial charge in [-0.2, -0.15) is 0 Å². The maximum Gasteiger partial charge on any atom is 0.255 e. The van der Waals surface area contributed by atoms with Crippen LogP contribution in [0.1, 0.15) is 30.1 Å². The van der Waals surface area contributed by atoms with Crippen molar-refractivity contribution in [3.63, 3.8) is 0 Å². The Hall–Kier alpha value is -2.86. The molecule has 3 rings (SSSR count). The van der Waals surface area contributed by atoms with Crippen molar-refractivity contribution in [2.24, 2.45) is 5.92 Å². The van der Waals surface area contributed by atoms with E-state index in [2.05, 4.69) is 22.5 Å². The number of carbonyl (C=O) groups is 2. The Labute approximate surface area is 165 Å². The summed E-state index contributed by atoms with van der Waals surface area (Å²) in [6.07, 6.45) is 2.38. The van der Waals surface area contributed by atoms with E-state index in [4.69, 9.17) is 4.74 Å². The number of benzene rings is 2. The van der Waals surface area contributed by atoms with Gasteiger partial charge in [-0.25, -0.2) is 0 Å². The van der Waals surface area contributed by atoms with Crippen LogP contribution in [0.5, 0.6) is 5.75 Å². The maximum atomic E-state index is 12.4. The Balaban J connectivity index is 1.52. The van der Waals surface area contributed by atoms with Gasteiger partial charge in [-0.15, -0.1) is 0 Å². The minimum absolute atomic E-state index is 0.0236. The molecule has 2 aromatic carbocycles. The van der Waals surface area contributed by atoms with Gasteiger partial charge in [0.25, 0.3) is 5.91 Å². The number of anilines is 2. The number of carbonyl (C=O) groups excluding carboxylic acids is 2. The van der Waals surface area contributed by atoms with Crippen LogP contribution in [0.4, 0.5) is 11.4 Å². The van der Waals surface area contributed by atoms with Gasteiger partial charge < -0.3 is 15.4 Å². The number of ether oxygens (including phenoxy) is 1. The third-order valence-electron chi connectivity index (χ3n) is 4.89. The number of hydrogen-bond acceptors (Lipinski definition) is 4. The van der Waals surface area contributed by atoms with Crippen LogP contribution in [0.3, 0.4) is 0 Å². The second-order valence-corrected chi connectivity index (χ2v) is 7.29.